The third-order valence-corrected chi connectivity index (χ3v) is 4.00. The second-order valence-electron chi connectivity index (χ2n) is 6.21. The first kappa shape index (κ1) is 19.4. The lowest BCUT2D eigenvalue weighted by atomic mass is 9.98. The van der Waals surface area contributed by atoms with Crippen molar-refractivity contribution in [1.82, 2.24) is 15.1 Å². The van der Waals surface area contributed by atoms with Crippen LogP contribution in [-0.4, -0.2) is 33.3 Å². The molecule has 1 atom stereocenters. The first-order chi connectivity index (χ1) is 12.4. The number of nitrogens with one attached hydrogen (secondary N) is 1. The van der Waals surface area contributed by atoms with E-state index in [4.69, 9.17) is 0 Å². The number of aromatic nitrogens is 2. The number of carboxylic acids is 1. The van der Waals surface area contributed by atoms with Gasteiger partial charge in [-0.25, -0.2) is 4.68 Å². The fourth-order valence-electron chi connectivity index (χ4n) is 2.50. The molecule has 0 radical (unpaired) electrons. The van der Waals surface area contributed by atoms with E-state index in [-0.39, 0.29) is 17.8 Å². The van der Waals surface area contributed by atoms with Gasteiger partial charge in [0.1, 0.15) is 5.69 Å². The fourth-order valence-corrected chi connectivity index (χ4v) is 2.50. The van der Waals surface area contributed by atoms with Gasteiger partial charge in [-0.3, -0.25) is 14.4 Å². The zero-order valence-corrected chi connectivity index (χ0v) is 14.9. The van der Waals surface area contributed by atoms with E-state index in [0.717, 1.165) is 17.5 Å². The molecular weight excluding hydrogens is 334 g/mol. The van der Waals surface area contributed by atoms with Gasteiger partial charge in [0, 0.05) is 19.2 Å². The standard InChI is InChI=1S/C19H23N3O4/c1-3-10-22-17(23)9-8-16(21-22)18(24)20-12-15(19(25)26)11-14-6-4-13(2)5-7-14/h4-9,15H,3,10-12H2,1-2H3,(H,20,24)(H,25,26)/t15-/m0/s1. The number of aliphatic carboxylic acids is 1. The van der Waals surface area contributed by atoms with Crippen LogP contribution in [-0.2, 0) is 17.8 Å². The van der Waals surface area contributed by atoms with E-state index in [9.17, 15) is 19.5 Å². The van der Waals surface area contributed by atoms with Gasteiger partial charge in [0.2, 0.25) is 0 Å². The number of hydrogen-bond acceptors (Lipinski definition) is 4. The van der Waals surface area contributed by atoms with Gasteiger partial charge in [0.25, 0.3) is 11.5 Å². The summed E-state index contributed by atoms with van der Waals surface area (Å²) < 4.78 is 1.23. The average Bonchev–Trinajstić information content (AvgIpc) is 2.61. The van der Waals surface area contributed by atoms with Crippen LogP contribution in [0.2, 0.25) is 0 Å². The lowest BCUT2D eigenvalue weighted by molar-refractivity contribution is -0.141. The Hall–Kier alpha value is -2.96. The zero-order chi connectivity index (χ0) is 19.1. The summed E-state index contributed by atoms with van der Waals surface area (Å²) in [6.45, 7) is 4.27. The molecule has 0 saturated heterocycles. The van der Waals surface area contributed by atoms with Gasteiger partial charge in [0.15, 0.2) is 0 Å². The lowest BCUT2D eigenvalue weighted by Gasteiger charge is -2.14. The van der Waals surface area contributed by atoms with Crippen molar-refractivity contribution in [1.29, 1.82) is 0 Å². The lowest BCUT2D eigenvalue weighted by Crippen LogP contribution is -2.35. The van der Waals surface area contributed by atoms with Crippen molar-refractivity contribution in [3.05, 3.63) is 63.6 Å². The van der Waals surface area contributed by atoms with Crippen LogP contribution in [0.15, 0.2) is 41.2 Å². The summed E-state index contributed by atoms with van der Waals surface area (Å²) in [7, 11) is 0. The number of nitrogens with zero attached hydrogens (tertiary/aromatic N) is 2. The van der Waals surface area contributed by atoms with Crippen LogP contribution in [0.5, 0.6) is 0 Å². The van der Waals surface area contributed by atoms with E-state index >= 15 is 0 Å². The molecule has 0 aliphatic rings. The minimum Gasteiger partial charge on any atom is -0.481 e. The highest BCUT2D eigenvalue weighted by Crippen LogP contribution is 2.10. The molecule has 1 amide bonds. The average molecular weight is 357 g/mol. The van der Waals surface area contributed by atoms with Crippen molar-refractivity contribution < 1.29 is 14.7 Å². The monoisotopic (exact) mass is 357 g/mol. The second kappa shape index (κ2) is 8.94. The minimum absolute atomic E-state index is 0.0172. The molecule has 2 N–H and O–H groups in total. The van der Waals surface area contributed by atoms with Gasteiger partial charge in [-0.1, -0.05) is 36.8 Å². The topological polar surface area (TPSA) is 101 Å². The molecular formula is C19H23N3O4. The Morgan fingerprint density at radius 2 is 1.88 bits per heavy atom. The van der Waals surface area contributed by atoms with E-state index in [1.807, 2.05) is 38.1 Å². The molecule has 0 unspecified atom stereocenters. The summed E-state index contributed by atoms with van der Waals surface area (Å²) in [4.78, 5) is 35.4. The maximum atomic E-state index is 12.3. The molecule has 26 heavy (non-hydrogen) atoms. The molecule has 0 aliphatic heterocycles. The van der Waals surface area contributed by atoms with Crippen molar-refractivity contribution in [2.24, 2.45) is 5.92 Å². The van der Waals surface area contributed by atoms with Gasteiger partial charge in [0.05, 0.1) is 5.92 Å². The molecule has 7 nitrogen and oxygen atoms in total. The number of aryl methyl sites for hydroxylation is 2. The van der Waals surface area contributed by atoms with E-state index in [1.165, 1.54) is 16.8 Å². The second-order valence-corrected chi connectivity index (χ2v) is 6.21. The highest BCUT2D eigenvalue weighted by atomic mass is 16.4. The Morgan fingerprint density at radius 3 is 2.50 bits per heavy atom. The van der Waals surface area contributed by atoms with E-state index in [2.05, 4.69) is 10.4 Å². The number of hydrogen-bond donors (Lipinski definition) is 2. The SMILES string of the molecule is CCCn1nc(C(=O)NC[C@H](Cc2ccc(C)cc2)C(=O)O)ccc1=O. The predicted octanol–water partition coefficient (Wildman–Crippen LogP) is 1.64. The first-order valence-electron chi connectivity index (χ1n) is 8.55. The van der Waals surface area contributed by atoms with Crippen LogP contribution in [0.4, 0.5) is 0 Å². The number of carbonyl (C=O) groups excluding carboxylic acids is 1. The molecule has 2 aromatic rings. The third-order valence-electron chi connectivity index (χ3n) is 4.00. The molecule has 0 fully saturated rings. The molecule has 138 valence electrons. The molecule has 2 rings (SSSR count). The highest BCUT2D eigenvalue weighted by molar-refractivity contribution is 5.92. The van der Waals surface area contributed by atoms with Crippen LogP contribution in [0, 0.1) is 12.8 Å². The zero-order valence-electron chi connectivity index (χ0n) is 14.9. The van der Waals surface area contributed by atoms with Crippen molar-refractivity contribution in [3.63, 3.8) is 0 Å². The van der Waals surface area contributed by atoms with E-state index in [0.29, 0.717) is 13.0 Å². The van der Waals surface area contributed by atoms with Crippen molar-refractivity contribution >= 4 is 11.9 Å². The van der Waals surface area contributed by atoms with Gasteiger partial charge in [-0.2, -0.15) is 5.10 Å². The quantitative estimate of drug-likeness (QED) is 0.748. The maximum absolute atomic E-state index is 12.3. The molecule has 0 aliphatic carbocycles. The summed E-state index contributed by atoms with van der Waals surface area (Å²) in [6, 6.07) is 10.3. The van der Waals surface area contributed by atoms with Crippen LogP contribution in [0.1, 0.15) is 35.0 Å². The Balaban J connectivity index is 2.03. The Labute approximate surface area is 151 Å². The van der Waals surface area contributed by atoms with Crippen LogP contribution in [0.25, 0.3) is 0 Å². The molecule has 7 heteroatoms. The Kier molecular flexibility index (Phi) is 6.66. The number of benzene rings is 1. The number of carbonyl (C=O) groups is 2. The van der Waals surface area contributed by atoms with Gasteiger partial charge in [-0.05, 0) is 31.4 Å². The predicted molar refractivity (Wildman–Crippen MR) is 97.1 cm³/mol. The number of amides is 1. The summed E-state index contributed by atoms with van der Waals surface area (Å²) in [6.07, 6.45) is 1.04. The van der Waals surface area contributed by atoms with Crippen molar-refractivity contribution in [2.75, 3.05) is 6.54 Å². The summed E-state index contributed by atoms with van der Waals surface area (Å²) in [5.41, 5.74) is 1.82. The largest absolute Gasteiger partial charge is 0.481 e. The first-order valence-corrected chi connectivity index (χ1v) is 8.55. The number of rotatable bonds is 8. The molecule has 0 spiro atoms. The van der Waals surface area contributed by atoms with Crippen LogP contribution < -0.4 is 10.9 Å². The molecule has 0 bridgehead atoms. The Morgan fingerprint density at radius 1 is 1.19 bits per heavy atom. The normalized spacial score (nSPS) is 11.8. The summed E-state index contributed by atoms with van der Waals surface area (Å²) in [5, 5.41) is 16.0. The maximum Gasteiger partial charge on any atom is 0.308 e. The van der Waals surface area contributed by atoms with Crippen molar-refractivity contribution in [3.8, 4) is 0 Å². The Bertz CT molecular complexity index is 827. The van der Waals surface area contributed by atoms with E-state index < -0.39 is 17.8 Å². The molecule has 1 aromatic heterocycles. The van der Waals surface area contributed by atoms with Crippen molar-refractivity contribution in [2.45, 2.75) is 33.2 Å². The van der Waals surface area contributed by atoms with Gasteiger partial charge in [-0.15, -0.1) is 0 Å². The summed E-state index contributed by atoms with van der Waals surface area (Å²) in [5.74, 6) is -2.22. The fraction of sp³-hybridized carbons (Fsp3) is 0.368. The van der Waals surface area contributed by atoms with Gasteiger partial charge >= 0.3 is 5.97 Å². The van der Waals surface area contributed by atoms with E-state index in [1.54, 1.807) is 0 Å². The van der Waals surface area contributed by atoms with Gasteiger partial charge < -0.3 is 10.4 Å². The number of carboxylic acid groups (broad SMARTS) is 1. The van der Waals surface area contributed by atoms with Crippen LogP contribution >= 0.6 is 0 Å². The smallest absolute Gasteiger partial charge is 0.308 e. The van der Waals surface area contributed by atoms with Crippen LogP contribution in [0.3, 0.4) is 0 Å². The summed E-state index contributed by atoms with van der Waals surface area (Å²) >= 11 is 0. The highest BCUT2D eigenvalue weighted by Gasteiger charge is 2.20. The molecule has 1 heterocycles. The minimum atomic E-state index is -0.977. The molecule has 0 saturated carbocycles. The molecule has 1 aromatic carbocycles. The third kappa shape index (κ3) is 5.27.